The highest BCUT2D eigenvalue weighted by molar-refractivity contribution is 6.00. The van der Waals surface area contributed by atoms with Gasteiger partial charge in [0.05, 0.1) is 24.2 Å². The normalized spacial score (nSPS) is 15.3. The van der Waals surface area contributed by atoms with Crippen molar-refractivity contribution in [3.63, 3.8) is 0 Å². The third-order valence-electron chi connectivity index (χ3n) is 5.88. The Hall–Kier alpha value is -2.97. The number of nitrogens with zero attached hydrogens (tertiary/aromatic N) is 5. The van der Waals surface area contributed by atoms with Gasteiger partial charge >= 0.3 is 5.97 Å². The van der Waals surface area contributed by atoms with E-state index in [1.165, 1.54) is 0 Å². The Kier molecular flexibility index (Phi) is 5.33. The summed E-state index contributed by atoms with van der Waals surface area (Å²) in [5, 5.41) is 0.789. The van der Waals surface area contributed by atoms with Crippen molar-refractivity contribution in [1.29, 1.82) is 0 Å². The van der Waals surface area contributed by atoms with Gasteiger partial charge in [0.2, 0.25) is 0 Å². The molecule has 0 N–H and O–H groups in total. The number of hydrogen-bond donors (Lipinski definition) is 0. The third kappa shape index (κ3) is 3.55. The van der Waals surface area contributed by atoms with Gasteiger partial charge in [0.15, 0.2) is 11.4 Å². The monoisotopic (exact) mass is 421 g/mol. The molecule has 1 aliphatic rings. The van der Waals surface area contributed by atoms with Gasteiger partial charge in [0.25, 0.3) is 0 Å². The van der Waals surface area contributed by atoms with Gasteiger partial charge in [-0.3, -0.25) is 14.1 Å². The molecule has 8 nitrogen and oxygen atoms in total. The minimum atomic E-state index is -0.263. The van der Waals surface area contributed by atoms with E-state index in [1.807, 2.05) is 24.4 Å². The molecule has 0 atom stereocenters. The molecule has 162 valence electrons. The summed E-state index contributed by atoms with van der Waals surface area (Å²) >= 11 is 0. The van der Waals surface area contributed by atoms with Gasteiger partial charge in [-0.05, 0) is 12.1 Å². The molecule has 1 aliphatic heterocycles. The predicted octanol–water partition coefficient (Wildman–Crippen LogP) is 3.05. The number of esters is 1. The first-order chi connectivity index (χ1) is 15.2. The Labute approximate surface area is 180 Å². The van der Waals surface area contributed by atoms with Crippen LogP contribution in [-0.4, -0.2) is 62.7 Å². The van der Waals surface area contributed by atoms with Gasteiger partial charge in [0, 0.05) is 45.2 Å². The standard InChI is InChI=1S/C23H27N5O3/c1-3-19-25-22-21(23-24-16-7-5-6-8-17(16)28(19)23)18(31-20(29)4-2)15-27(22)10-9-26-11-13-30-14-12-26/h5-8,15H,3-4,9-14H2,1-2H3. The first-order valence-corrected chi connectivity index (χ1v) is 11.0. The van der Waals surface area contributed by atoms with Crippen LogP contribution in [0.2, 0.25) is 0 Å². The van der Waals surface area contributed by atoms with Crippen molar-refractivity contribution in [2.24, 2.45) is 0 Å². The van der Waals surface area contributed by atoms with Gasteiger partial charge in [-0.15, -0.1) is 0 Å². The summed E-state index contributed by atoms with van der Waals surface area (Å²) in [6.45, 7) is 8.94. The average Bonchev–Trinajstić information content (AvgIpc) is 3.36. The lowest BCUT2D eigenvalue weighted by Crippen LogP contribution is -2.38. The molecule has 4 aromatic rings. The quantitative estimate of drug-likeness (QED) is 0.446. The molecule has 0 bridgehead atoms. The number of carbonyl (C=O) groups excluding carboxylic acids is 1. The van der Waals surface area contributed by atoms with Crippen molar-refractivity contribution in [2.45, 2.75) is 33.2 Å². The van der Waals surface area contributed by atoms with Gasteiger partial charge in [-0.1, -0.05) is 26.0 Å². The third-order valence-corrected chi connectivity index (χ3v) is 5.88. The van der Waals surface area contributed by atoms with E-state index in [-0.39, 0.29) is 5.97 Å². The number of fused-ring (bicyclic) bond motifs is 5. The maximum absolute atomic E-state index is 12.2. The summed E-state index contributed by atoms with van der Waals surface area (Å²) in [7, 11) is 0. The van der Waals surface area contributed by atoms with Crippen LogP contribution >= 0.6 is 0 Å². The van der Waals surface area contributed by atoms with Gasteiger partial charge in [-0.25, -0.2) is 9.97 Å². The minimum absolute atomic E-state index is 0.263. The van der Waals surface area contributed by atoms with Crippen molar-refractivity contribution in [2.75, 3.05) is 32.8 Å². The second-order valence-corrected chi connectivity index (χ2v) is 7.81. The van der Waals surface area contributed by atoms with Crippen molar-refractivity contribution < 1.29 is 14.3 Å². The summed E-state index contributed by atoms with van der Waals surface area (Å²) in [5.41, 5.74) is 3.51. The topological polar surface area (TPSA) is 73.9 Å². The first-order valence-electron chi connectivity index (χ1n) is 11.0. The number of aromatic nitrogens is 4. The number of carbonyl (C=O) groups is 1. The molecule has 0 spiro atoms. The van der Waals surface area contributed by atoms with Crippen LogP contribution in [0.3, 0.4) is 0 Å². The molecule has 0 unspecified atom stereocenters. The van der Waals surface area contributed by atoms with Gasteiger partial charge < -0.3 is 14.0 Å². The highest BCUT2D eigenvalue weighted by atomic mass is 16.5. The Balaban J connectivity index is 1.68. The number of rotatable bonds is 6. The molecular formula is C23H27N5O3. The second-order valence-electron chi connectivity index (χ2n) is 7.81. The molecule has 4 heterocycles. The SMILES string of the molecule is CCC(=O)Oc1cn(CCN2CCOCC2)c2nc(CC)n3c4ccccc4nc3c12. The summed E-state index contributed by atoms with van der Waals surface area (Å²) in [5.74, 6) is 1.20. The highest BCUT2D eigenvalue weighted by Crippen LogP contribution is 2.33. The minimum Gasteiger partial charge on any atom is -0.424 e. The lowest BCUT2D eigenvalue weighted by Gasteiger charge is -2.26. The van der Waals surface area contributed by atoms with Crippen LogP contribution in [0.5, 0.6) is 5.75 Å². The average molecular weight is 422 g/mol. The van der Waals surface area contributed by atoms with E-state index < -0.39 is 0 Å². The summed E-state index contributed by atoms with van der Waals surface area (Å²) in [4.78, 5) is 24.5. The van der Waals surface area contributed by atoms with E-state index in [9.17, 15) is 4.79 Å². The van der Waals surface area contributed by atoms with Crippen LogP contribution in [0.25, 0.3) is 27.7 Å². The Morgan fingerprint density at radius 3 is 2.68 bits per heavy atom. The summed E-state index contributed by atoms with van der Waals surface area (Å²) in [6.07, 6.45) is 2.99. The smallest absolute Gasteiger partial charge is 0.310 e. The largest absolute Gasteiger partial charge is 0.424 e. The van der Waals surface area contributed by atoms with Crippen LogP contribution < -0.4 is 4.74 Å². The van der Waals surface area contributed by atoms with E-state index >= 15 is 0 Å². The van der Waals surface area contributed by atoms with Crippen LogP contribution in [0.15, 0.2) is 30.5 Å². The lowest BCUT2D eigenvalue weighted by molar-refractivity contribution is -0.133. The van der Waals surface area contributed by atoms with Crippen molar-refractivity contribution in [3.8, 4) is 5.75 Å². The lowest BCUT2D eigenvalue weighted by atomic mass is 10.3. The fraction of sp³-hybridized carbons (Fsp3) is 0.435. The van der Waals surface area contributed by atoms with E-state index in [2.05, 4.69) is 26.9 Å². The fourth-order valence-electron chi connectivity index (χ4n) is 4.23. The number of para-hydroxylation sites is 2. The van der Waals surface area contributed by atoms with E-state index in [4.69, 9.17) is 19.4 Å². The number of morpholine rings is 1. The van der Waals surface area contributed by atoms with E-state index in [0.29, 0.717) is 12.2 Å². The molecule has 1 saturated heterocycles. The Morgan fingerprint density at radius 1 is 1.10 bits per heavy atom. The molecule has 0 aliphatic carbocycles. The number of benzene rings is 1. The highest BCUT2D eigenvalue weighted by Gasteiger charge is 2.22. The van der Waals surface area contributed by atoms with Crippen LogP contribution in [0.1, 0.15) is 26.1 Å². The fourth-order valence-corrected chi connectivity index (χ4v) is 4.23. The molecule has 31 heavy (non-hydrogen) atoms. The van der Waals surface area contributed by atoms with Gasteiger partial charge in [0.1, 0.15) is 16.9 Å². The van der Waals surface area contributed by atoms with E-state index in [1.54, 1.807) is 6.92 Å². The summed E-state index contributed by atoms with van der Waals surface area (Å²) < 4.78 is 15.4. The van der Waals surface area contributed by atoms with Crippen molar-refractivity contribution in [3.05, 3.63) is 36.3 Å². The zero-order valence-corrected chi connectivity index (χ0v) is 18.0. The zero-order chi connectivity index (χ0) is 21.4. The molecule has 0 radical (unpaired) electrons. The zero-order valence-electron chi connectivity index (χ0n) is 18.0. The molecule has 1 fully saturated rings. The molecular weight excluding hydrogens is 394 g/mol. The molecule has 0 saturated carbocycles. The molecule has 8 heteroatoms. The second kappa shape index (κ2) is 8.28. The van der Waals surface area contributed by atoms with E-state index in [0.717, 1.165) is 79.4 Å². The van der Waals surface area contributed by atoms with Gasteiger partial charge in [-0.2, -0.15) is 0 Å². The van der Waals surface area contributed by atoms with Crippen LogP contribution in [0, 0.1) is 0 Å². The summed E-state index contributed by atoms with van der Waals surface area (Å²) in [6, 6.07) is 8.04. The molecule has 0 amide bonds. The number of hydrogen-bond acceptors (Lipinski definition) is 6. The molecule has 1 aromatic carbocycles. The number of imidazole rings is 1. The van der Waals surface area contributed by atoms with Crippen LogP contribution in [-0.2, 0) is 22.5 Å². The number of ether oxygens (including phenoxy) is 2. The predicted molar refractivity (Wildman–Crippen MR) is 119 cm³/mol. The van der Waals surface area contributed by atoms with Crippen molar-refractivity contribution in [1.82, 2.24) is 23.8 Å². The van der Waals surface area contributed by atoms with Crippen molar-refractivity contribution >= 4 is 33.7 Å². The maximum Gasteiger partial charge on any atom is 0.310 e. The van der Waals surface area contributed by atoms with Crippen LogP contribution in [0.4, 0.5) is 0 Å². The molecule has 3 aromatic heterocycles. The Bertz CT molecular complexity index is 1250. The number of aryl methyl sites for hydroxylation is 1. The molecule has 5 rings (SSSR count). The Morgan fingerprint density at radius 2 is 1.90 bits per heavy atom. The first kappa shape index (κ1) is 20.0. The maximum atomic E-state index is 12.2.